The lowest BCUT2D eigenvalue weighted by molar-refractivity contribution is -0.121. The molecule has 0 radical (unpaired) electrons. The van der Waals surface area contributed by atoms with Crippen LogP contribution in [0.2, 0.25) is 0 Å². The molecule has 0 fully saturated rings. The summed E-state index contributed by atoms with van der Waals surface area (Å²) in [4.78, 5) is 15.7. The van der Waals surface area contributed by atoms with Gasteiger partial charge in [-0.15, -0.1) is 0 Å². The monoisotopic (exact) mass is 236 g/mol. The molecule has 1 atom stereocenters. The summed E-state index contributed by atoms with van der Waals surface area (Å²) in [6.07, 6.45) is 3.21. The molecule has 17 heavy (non-hydrogen) atoms. The average molecular weight is 236 g/mol. The molecule has 1 heterocycles. The Bertz CT molecular complexity index is 379. The maximum atomic E-state index is 11.7. The third-order valence-electron chi connectivity index (χ3n) is 2.22. The molecule has 94 valence electrons. The molecule has 0 aliphatic carbocycles. The van der Waals surface area contributed by atoms with E-state index in [0.717, 1.165) is 5.69 Å². The third-order valence-corrected chi connectivity index (χ3v) is 2.22. The predicted molar refractivity (Wildman–Crippen MR) is 69.6 cm³/mol. The van der Waals surface area contributed by atoms with E-state index in [2.05, 4.69) is 29.5 Å². The number of pyridine rings is 1. The van der Waals surface area contributed by atoms with Crippen molar-refractivity contribution in [3.8, 4) is 0 Å². The van der Waals surface area contributed by atoms with E-state index in [0.29, 0.717) is 18.2 Å². The average Bonchev–Trinajstić information content (AvgIpc) is 2.25. The predicted octanol–water partition coefficient (Wildman–Crippen LogP) is 1.24. The minimum atomic E-state index is -0.308. The number of nitrogens with one attached hydrogen (secondary N) is 2. The lowest BCUT2D eigenvalue weighted by Crippen LogP contribution is -2.39. The highest BCUT2D eigenvalue weighted by atomic mass is 16.2. The summed E-state index contributed by atoms with van der Waals surface area (Å²) in [5, 5.41) is 5.92. The zero-order valence-electron chi connectivity index (χ0n) is 10.5. The minimum Gasteiger partial charge on any atom is -0.397 e. The van der Waals surface area contributed by atoms with Gasteiger partial charge in [-0.1, -0.05) is 13.8 Å². The number of hydrogen-bond acceptors (Lipinski definition) is 4. The van der Waals surface area contributed by atoms with Gasteiger partial charge in [-0.25, -0.2) is 0 Å². The number of carbonyl (C=O) groups excluding carboxylic acids is 1. The van der Waals surface area contributed by atoms with Gasteiger partial charge in [0, 0.05) is 12.7 Å². The van der Waals surface area contributed by atoms with Crippen LogP contribution in [0.15, 0.2) is 18.5 Å². The van der Waals surface area contributed by atoms with Crippen LogP contribution in [0, 0.1) is 5.92 Å². The van der Waals surface area contributed by atoms with Crippen LogP contribution in [0.3, 0.4) is 0 Å². The second-order valence-electron chi connectivity index (χ2n) is 4.51. The van der Waals surface area contributed by atoms with Crippen molar-refractivity contribution in [1.29, 1.82) is 0 Å². The van der Waals surface area contributed by atoms with Crippen molar-refractivity contribution in [1.82, 2.24) is 10.3 Å². The van der Waals surface area contributed by atoms with Crippen LogP contribution in [0.1, 0.15) is 20.8 Å². The zero-order chi connectivity index (χ0) is 12.8. The van der Waals surface area contributed by atoms with Crippen LogP contribution in [-0.2, 0) is 4.79 Å². The van der Waals surface area contributed by atoms with Crippen molar-refractivity contribution < 1.29 is 4.79 Å². The highest BCUT2D eigenvalue weighted by molar-refractivity contribution is 5.84. The summed E-state index contributed by atoms with van der Waals surface area (Å²) in [5.74, 6) is 0.418. The molecule has 1 aromatic rings. The van der Waals surface area contributed by atoms with Gasteiger partial charge in [0.05, 0.1) is 17.6 Å². The normalized spacial score (nSPS) is 12.2. The van der Waals surface area contributed by atoms with Crippen molar-refractivity contribution >= 4 is 17.3 Å². The Hall–Kier alpha value is -1.78. The maximum absolute atomic E-state index is 11.7. The Morgan fingerprint density at radius 2 is 2.12 bits per heavy atom. The van der Waals surface area contributed by atoms with Crippen molar-refractivity contribution in [3.63, 3.8) is 0 Å². The Morgan fingerprint density at radius 3 is 2.71 bits per heavy atom. The van der Waals surface area contributed by atoms with Crippen molar-refractivity contribution in [2.24, 2.45) is 5.92 Å². The molecular formula is C12H20N4O. The molecule has 0 aliphatic heterocycles. The number of hydrogen-bond donors (Lipinski definition) is 3. The lowest BCUT2D eigenvalue weighted by atomic mass is 10.2. The van der Waals surface area contributed by atoms with Gasteiger partial charge < -0.3 is 16.4 Å². The molecule has 0 saturated heterocycles. The second kappa shape index (κ2) is 6.08. The number of nitrogens with two attached hydrogens (primary N) is 1. The van der Waals surface area contributed by atoms with Crippen molar-refractivity contribution in [3.05, 3.63) is 18.5 Å². The van der Waals surface area contributed by atoms with E-state index in [1.54, 1.807) is 25.4 Å². The van der Waals surface area contributed by atoms with Crippen LogP contribution >= 0.6 is 0 Å². The van der Waals surface area contributed by atoms with E-state index < -0.39 is 0 Å². The Morgan fingerprint density at radius 1 is 1.41 bits per heavy atom. The fourth-order valence-electron chi connectivity index (χ4n) is 1.31. The molecule has 5 heteroatoms. The van der Waals surface area contributed by atoms with Gasteiger partial charge in [0.1, 0.15) is 6.04 Å². The molecule has 1 unspecified atom stereocenters. The number of anilines is 2. The van der Waals surface area contributed by atoms with Gasteiger partial charge in [-0.3, -0.25) is 9.78 Å². The number of amides is 1. The summed E-state index contributed by atoms with van der Waals surface area (Å²) < 4.78 is 0. The van der Waals surface area contributed by atoms with E-state index in [1.807, 2.05) is 0 Å². The van der Waals surface area contributed by atoms with Crippen LogP contribution in [-0.4, -0.2) is 23.5 Å². The molecular weight excluding hydrogens is 216 g/mol. The summed E-state index contributed by atoms with van der Waals surface area (Å²) >= 11 is 0. The number of nitrogens with zero attached hydrogens (tertiary/aromatic N) is 1. The first-order chi connectivity index (χ1) is 7.99. The molecule has 4 N–H and O–H groups in total. The summed E-state index contributed by atoms with van der Waals surface area (Å²) in [6, 6.07) is 1.44. The summed E-state index contributed by atoms with van der Waals surface area (Å²) in [5.41, 5.74) is 6.93. The standard InChI is InChI=1S/C12H20N4O/c1-8(2)5-15-12(17)9(3)16-11-4-10(13)6-14-7-11/h4,6-9,16H,5,13H2,1-3H3,(H,15,17). The van der Waals surface area contributed by atoms with Gasteiger partial charge in [0.15, 0.2) is 0 Å². The van der Waals surface area contributed by atoms with E-state index in [4.69, 9.17) is 5.73 Å². The van der Waals surface area contributed by atoms with Gasteiger partial charge in [-0.05, 0) is 18.9 Å². The lowest BCUT2D eigenvalue weighted by Gasteiger charge is -2.16. The van der Waals surface area contributed by atoms with E-state index in [9.17, 15) is 4.79 Å². The number of carbonyl (C=O) groups is 1. The fraction of sp³-hybridized carbons (Fsp3) is 0.500. The smallest absolute Gasteiger partial charge is 0.242 e. The van der Waals surface area contributed by atoms with E-state index in [-0.39, 0.29) is 11.9 Å². The molecule has 0 aromatic carbocycles. The SMILES string of the molecule is CC(C)CNC(=O)C(C)Nc1cncc(N)c1. The summed E-state index contributed by atoms with van der Waals surface area (Å²) in [7, 11) is 0. The molecule has 1 aromatic heterocycles. The van der Waals surface area contributed by atoms with Gasteiger partial charge in [0.25, 0.3) is 0 Å². The van der Waals surface area contributed by atoms with Crippen molar-refractivity contribution in [2.45, 2.75) is 26.8 Å². The first kappa shape index (κ1) is 13.3. The Balaban J connectivity index is 2.48. The van der Waals surface area contributed by atoms with Crippen LogP contribution in [0.25, 0.3) is 0 Å². The van der Waals surface area contributed by atoms with Crippen LogP contribution in [0.4, 0.5) is 11.4 Å². The van der Waals surface area contributed by atoms with Gasteiger partial charge in [-0.2, -0.15) is 0 Å². The minimum absolute atomic E-state index is 0.0267. The number of aromatic nitrogens is 1. The summed E-state index contributed by atoms with van der Waals surface area (Å²) in [6.45, 7) is 6.60. The van der Waals surface area contributed by atoms with Crippen LogP contribution in [0.5, 0.6) is 0 Å². The van der Waals surface area contributed by atoms with Crippen molar-refractivity contribution in [2.75, 3.05) is 17.6 Å². The molecule has 0 saturated carbocycles. The highest BCUT2D eigenvalue weighted by Crippen LogP contribution is 2.10. The molecule has 1 rings (SSSR count). The van der Waals surface area contributed by atoms with Crippen LogP contribution < -0.4 is 16.4 Å². The topological polar surface area (TPSA) is 80.0 Å². The molecule has 5 nitrogen and oxygen atoms in total. The van der Waals surface area contributed by atoms with Gasteiger partial charge in [0.2, 0.25) is 5.91 Å². The van der Waals surface area contributed by atoms with E-state index >= 15 is 0 Å². The third kappa shape index (κ3) is 4.72. The van der Waals surface area contributed by atoms with Gasteiger partial charge >= 0.3 is 0 Å². The number of nitrogen functional groups attached to an aromatic ring is 1. The Kier molecular flexibility index (Phi) is 4.75. The largest absolute Gasteiger partial charge is 0.397 e. The second-order valence-corrected chi connectivity index (χ2v) is 4.51. The first-order valence-corrected chi connectivity index (χ1v) is 5.74. The quantitative estimate of drug-likeness (QED) is 0.718. The highest BCUT2D eigenvalue weighted by Gasteiger charge is 2.12. The maximum Gasteiger partial charge on any atom is 0.242 e. The molecule has 0 bridgehead atoms. The molecule has 1 amide bonds. The zero-order valence-corrected chi connectivity index (χ0v) is 10.5. The van der Waals surface area contributed by atoms with E-state index in [1.165, 1.54) is 0 Å². The Labute approximate surface area is 102 Å². The molecule has 0 aliphatic rings. The first-order valence-electron chi connectivity index (χ1n) is 5.74. The fourth-order valence-corrected chi connectivity index (χ4v) is 1.31. The molecule has 0 spiro atoms. The number of rotatable bonds is 5.